The largest absolute Gasteiger partial charge is 0.396 e. The average Bonchev–Trinajstić information content (AvgIpc) is 2.82. The van der Waals surface area contributed by atoms with Crippen LogP contribution in [0.25, 0.3) is 0 Å². The fraction of sp³-hybridized carbons (Fsp3) is 0.450. The van der Waals surface area contributed by atoms with E-state index in [2.05, 4.69) is 60.6 Å². The number of nitrogens with two attached hydrogens (primary N) is 1. The first-order valence-corrected chi connectivity index (χ1v) is 8.67. The molecule has 24 heavy (non-hydrogen) atoms. The molecule has 1 aliphatic heterocycles. The van der Waals surface area contributed by atoms with Gasteiger partial charge in [-0.05, 0) is 36.8 Å². The fourth-order valence-corrected chi connectivity index (χ4v) is 3.99. The lowest BCUT2D eigenvalue weighted by Crippen LogP contribution is -2.40. The number of nitrogens with zero attached hydrogens (tertiary/aromatic N) is 3. The van der Waals surface area contributed by atoms with Gasteiger partial charge in [-0.2, -0.15) is 5.26 Å². The van der Waals surface area contributed by atoms with Crippen LogP contribution in [0.2, 0.25) is 0 Å². The maximum absolute atomic E-state index is 9.55. The Hall–Kier alpha value is -2.41. The predicted octanol–water partition coefficient (Wildman–Crippen LogP) is 3.78. The normalized spacial score (nSPS) is 20.8. The van der Waals surface area contributed by atoms with Gasteiger partial charge in [-0.15, -0.1) is 0 Å². The highest BCUT2D eigenvalue weighted by Gasteiger charge is 2.27. The molecule has 2 heterocycles. The molecule has 0 amide bonds. The summed E-state index contributed by atoms with van der Waals surface area (Å²) in [6.45, 7) is 9.34. The number of nitrogen functional groups attached to an aromatic ring is 1. The van der Waals surface area contributed by atoms with Crippen LogP contribution in [0.5, 0.6) is 0 Å². The molecule has 0 aliphatic carbocycles. The maximum atomic E-state index is 9.55. The number of aromatic nitrogens is 1. The zero-order chi connectivity index (χ0) is 17.3. The summed E-state index contributed by atoms with van der Waals surface area (Å²) in [5.41, 5.74) is 10.1. The highest BCUT2D eigenvalue weighted by molar-refractivity contribution is 5.68. The third-order valence-corrected chi connectivity index (χ3v) is 4.80. The van der Waals surface area contributed by atoms with Gasteiger partial charge in [0.05, 0.1) is 12.2 Å². The molecule has 2 aromatic rings. The molecule has 0 spiro atoms. The summed E-state index contributed by atoms with van der Waals surface area (Å²) in [6, 6.07) is 12.6. The third-order valence-electron chi connectivity index (χ3n) is 4.80. The van der Waals surface area contributed by atoms with Crippen LogP contribution in [0, 0.1) is 30.1 Å². The second-order valence-electron chi connectivity index (χ2n) is 7.35. The number of aryl methyl sites for hydroxylation is 1. The van der Waals surface area contributed by atoms with Crippen molar-refractivity contribution in [3.05, 3.63) is 47.2 Å². The van der Waals surface area contributed by atoms with Gasteiger partial charge < -0.3 is 15.2 Å². The van der Waals surface area contributed by atoms with Crippen LogP contribution in [-0.4, -0.2) is 17.7 Å². The minimum Gasteiger partial charge on any atom is -0.396 e. The van der Waals surface area contributed by atoms with Gasteiger partial charge >= 0.3 is 0 Å². The fourth-order valence-electron chi connectivity index (χ4n) is 3.99. The molecule has 2 atom stereocenters. The van der Waals surface area contributed by atoms with E-state index in [1.54, 1.807) is 0 Å². The highest BCUT2D eigenvalue weighted by atomic mass is 15.3. The van der Waals surface area contributed by atoms with Crippen molar-refractivity contribution in [3.63, 3.8) is 0 Å². The molecule has 0 radical (unpaired) electrons. The first kappa shape index (κ1) is 16.4. The molecule has 1 aromatic carbocycles. The standard InChI is InChI=1S/C20H26N4/c1-14-5-4-6-17(8-14)13-24-18(10-21)9-19(22)20(24)23-11-15(2)7-16(3)12-23/h4-6,8-9,15-16H,7,11-13,22H2,1-3H3/t15-,16+. The molecule has 126 valence electrons. The van der Waals surface area contributed by atoms with Gasteiger partial charge in [0.1, 0.15) is 17.6 Å². The van der Waals surface area contributed by atoms with Gasteiger partial charge in [0.15, 0.2) is 0 Å². The molecule has 4 nitrogen and oxygen atoms in total. The Morgan fingerprint density at radius 1 is 1.21 bits per heavy atom. The molecular formula is C20H26N4. The molecule has 1 fully saturated rings. The van der Waals surface area contributed by atoms with Gasteiger partial charge in [0.2, 0.25) is 0 Å². The first-order valence-electron chi connectivity index (χ1n) is 8.67. The van der Waals surface area contributed by atoms with Gasteiger partial charge in [-0.3, -0.25) is 0 Å². The summed E-state index contributed by atoms with van der Waals surface area (Å²) < 4.78 is 2.08. The van der Waals surface area contributed by atoms with E-state index in [1.807, 2.05) is 6.07 Å². The predicted molar refractivity (Wildman–Crippen MR) is 99.0 cm³/mol. The van der Waals surface area contributed by atoms with Crippen LogP contribution in [0.1, 0.15) is 37.1 Å². The van der Waals surface area contributed by atoms with Crippen LogP contribution < -0.4 is 10.6 Å². The number of hydrogen-bond acceptors (Lipinski definition) is 3. The number of hydrogen-bond donors (Lipinski definition) is 1. The van der Waals surface area contributed by atoms with Crippen LogP contribution >= 0.6 is 0 Å². The number of benzene rings is 1. The highest BCUT2D eigenvalue weighted by Crippen LogP contribution is 2.33. The Kier molecular flexibility index (Phi) is 4.53. The zero-order valence-electron chi connectivity index (χ0n) is 14.8. The SMILES string of the molecule is Cc1cccc(Cn2c(C#N)cc(N)c2N2C[C@H](C)C[C@H](C)C2)c1. The maximum Gasteiger partial charge on any atom is 0.133 e. The zero-order valence-corrected chi connectivity index (χ0v) is 14.8. The van der Waals surface area contributed by atoms with E-state index in [0.717, 1.165) is 18.9 Å². The van der Waals surface area contributed by atoms with Gasteiger partial charge in [0.25, 0.3) is 0 Å². The summed E-state index contributed by atoms with van der Waals surface area (Å²) >= 11 is 0. The van der Waals surface area contributed by atoms with Crippen LogP contribution in [-0.2, 0) is 6.54 Å². The van der Waals surface area contributed by atoms with E-state index in [-0.39, 0.29) is 0 Å². The molecule has 0 bridgehead atoms. The lowest BCUT2D eigenvalue weighted by Gasteiger charge is -2.37. The smallest absolute Gasteiger partial charge is 0.133 e. The van der Waals surface area contributed by atoms with Crippen molar-refractivity contribution < 1.29 is 0 Å². The molecule has 0 unspecified atom stereocenters. The molecular weight excluding hydrogens is 296 g/mol. The number of piperidine rings is 1. The van der Waals surface area contributed by atoms with Gasteiger partial charge in [0, 0.05) is 13.1 Å². The third kappa shape index (κ3) is 3.26. The van der Waals surface area contributed by atoms with Crippen molar-refractivity contribution in [3.8, 4) is 6.07 Å². The van der Waals surface area contributed by atoms with Crippen LogP contribution in [0.3, 0.4) is 0 Å². The van der Waals surface area contributed by atoms with Crippen molar-refractivity contribution in [2.24, 2.45) is 11.8 Å². The molecule has 1 aliphatic rings. The second kappa shape index (κ2) is 6.60. The number of anilines is 2. The molecule has 1 aromatic heterocycles. The lowest BCUT2D eigenvalue weighted by molar-refractivity contribution is 0.353. The molecule has 0 saturated carbocycles. The van der Waals surface area contributed by atoms with E-state index in [1.165, 1.54) is 17.5 Å². The van der Waals surface area contributed by atoms with Crippen molar-refractivity contribution in [1.29, 1.82) is 5.26 Å². The summed E-state index contributed by atoms with van der Waals surface area (Å²) in [4.78, 5) is 2.37. The number of rotatable bonds is 3. The topological polar surface area (TPSA) is 58.0 Å². The average molecular weight is 322 g/mol. The second-order valence-corrected chi connectivity index (χ2v) is 7.35. The monoisotopic (exact) mass is 322 g/mol. The Morgan fingerprint density at radius 3 is 2.54 bits per heavy atom. The Bertz CT molecular complexity index is 758. The Balaban J connectivity index is 2.00. The van der Waals surface area contributed by atoms with E-state index in [9.17, 15) is 5.26 Å². The summed E-state index contributed by atoms with van der Waals surface area (Å²) in [5.74, 6) is 2.29. The summed E-state index contributed by atoms with van der Waals surface area (Å²) in [6.07, 6.45) is 1.25. The molecule has 4 heteroatoms. The van der Waals surface area contributed by atoms with E-state index in [0.29, 0.717) is 29.8 Å². The van der Waals surface area contributed by atoms with E-state index >= 15 is 0 Å². The summed E-state index contributed by atoms with van der Waals surface area (Å²) in [7, 11) is 0. The summed E-state index contributed by atoms with van der Waals surface area (Å²) in [5, 5.41) is 9.55. The Labute approximate surface area is 144 Å². The van der Waals surface area contributed by atoms with Crippen LogP contribution in [0.4, 0.5) is 11.5 Å². The van der Waals surface area contributed by atoms with E-state index < -0.39 is 0 Å². The van der Waals surface area contributed by atoms with Crippen molar-refractivity contribution in [1.82, 2.24) is 4.57 Å². The minimum atomic E-state index is 0.634. The van der Waals surface area contributed by atoms with Crippen LogP contribution in [0.15, 0.2) is 30.3 Å². The Morgan fingerprint density at radius 2 is 1.92 bits per heavy atom. The van der Waals surface area contributed by atoms with Gasteiger partial charge in [-0.1, -0.05) is 43.7 Å². The molecule has 1 saturated heterocycles. The van der Waals surface area contributed by atoms with Crippen molar-refractivity contribution >= 4 is 11.5 Å². The quantitative estimate of drug-likeness (QED) is 0.935. The first-order chi connectivity index (χ1) is 11.5. The van der Waals surface area contributed by atoms with Crippen molar-refractivity contribution in [2.45, 2.75) is 33.7 Å². The van der Waals surface area contributed by atoms with E-state index in [4.69, 9.17) is 5.73 Å². The van der Waals surface area contributed by atoms with Gasteiger partial charge in [-0.25, -0.2) is 0 Å². The van der Waals surface area contributed by atoms with Crippen molar-refractivity contribution in [2.75, 3.05) is 23.7 Å². The lowest BCUT2D eigenvalue weighted by atomic mass is 9.92. The minimum absolute atomic E-state index is 0.634. The number of nitriles is 1. The molecule has 2 N–H and O–H groups in total. The molecule has 3 rings (SSSR count).